The van der Waals surface area contributed by atoms with E-state index in [1.54, 1.807) is 6.07 Å². The number of nitrogens with zero attached hydrogens (tertiary/aromatic N) is 1. The van der Waals surface area contributed by atoms with Crippen molar-refractivity contribution in [3.63, 3.8) is 0 Å². The summed E-state index contributed by atoms with van der Waals surface area (Å²) in [6.07, 6.45) is 0.721. The molecule has 5 heteroatoms. The number of benzene rings is 1. The summed E-state index contributed by atoms with van der Waals surface area (Å²) in [6.45, 7) is 9.49. The highest BCUT2D eigenvalue weighted by molar-refractivity contribution is 5.57. The molecule has 1 aliphatic heterocycles. The molecule has 1 aromatic rings. The van der Waals surface area contributed by atoms with Crippen LogP contribution in [0.2, 0.25) is 0 Å². The molecular weight excluding hydrogens is 257 g/mol. The lowest BCUT2D eigenvalue weighted by Crippen LogP contribution is -2.45. The zero-order chi connectivity index (χ0) is 14.7. The predicted molar refractivity (Wildman–Crippen MR) is 79.1 cm³/mol. The van der Waals surface area contributed by atoms with E-state index in [0.717, 1.165) is 38.2 Å². The van der Waals surface area contributed by atoms with Crippen molar-refractivity contribution in [1.29, 1.82) is 0 Å². The Kier molecular flexibility index (Phi) is 4.62. The number of aromatic hydroxyl groups is 1. The molecule has 2 rings (SSSR count). The van der Waals surface area contributed by atoms with E-state index in [-0.39, 0.29) is 17.5 Å². The molecule has 0 bridgehead atoms. The van der Waals surface area contributed by atoms with Crippen LogP contribution in [0.15, 0.2) is 24.3 Å². The average molecular weight is 279 g/mol. The van der Waals surface area contributed by atoms with Gasteiger partial charge in [-0.25, -0.2) is 4.39 Å². The van der Waals surface area contributed by atoms with Crippen molar-refractivity contribution >= 4 is 5.69 Å². The molecule has 0 saturated carbocycles. The smallest absolute Gasteiger partial charge is 0.149 e. The molecule has 1 aliphatic rings. The number of anilines is 1. The Morgan fingerprint density at radius 2 is 2.15 bits per heavy atom. The van der Waals surface area contributed by atoms with Gasteiger partial charge in [-0.3, -0.25) is 4.90 Å². The summed E-state index contributed by atoms with van der Waals surface area (Å²) in [5.74, 6) is -0.726. The molecule has 0 amide bonds. The summed E-state index contributed by atoms with van der Waals surface area (Å²) in [5.41, 5.74) is 7.12. The van der Waals surface area contributed by atoms with Crippen LogP contribution in [0.3, 0.4) is 0 Å². The Morgan fingerprint density at radius 3 is 2.75 bits per heavy atom. The normalized spacial score (nSPS) is 17.9. The monoisotopic (exact) mass is 279 g/mol. The summed E-state index contributed by atoms with van der Waals surface area (Å²) in [5, 5.41) is 13.5. The first kappa shape index (κ1) is 14.8. The molecule has 0 aliphatic carbocycles. The standard InChI is InChI=1S/C15H22FN3O/c1-10(2)9-13(19-7-5-18-6-8-19)11-3-4-12(16)14(17)15(11)20/h3-4,13,18,20H,1,5-9,17H2,2H3/t13-/m1/s1. The van der Waals surface area contributed by atoms with E-state index in [1.165, 1.54) is 6.07 Å². The van der Waals surface area contributed by atoms with Gasteiger partial charge in [-0.05, 0) is 19.4 Å². The van der Waals surface area contributed by atoms with Crippen molar-refractivity contribution in [2.75, 3.05) is 31.9 Å². The lowest BCUT2D eigenvalue weighted by atomic mass is 9.96. The Labute approximate surface area is 119 Å². The third-order valence-corrected chi connectivity index (χ3v) is 3.69. The molecular formula is C15H22FN3O. The predicted octanol–water partition coefficient (Wildman–Crippen LogP) is 2.03. The highest BCUT2D eigenvalue weighted by Crippen LogP contribution is 2.37. The summed E-state index contributed by atoms with van der Waals surface area (Å²) in [4.78, 5) is 2.28. The van der Waals surface area contributed by atoms with E-state index in [0.29, 0.717) is 5.56 Å². The number of nitrogens with one attached hydrogen (secondary N) is 1. The minimum Gasteiger partial charge on any atom is -0.505 e. The highest BCUT2D eigenvalue weighted by Gasteiger charge is 2.26. The quantitative estimate of drug-likeness (QED) is 0.448. The Bertz CT molecular complexity index is 498. The fourth-order valence-corrected chi connectivity index (χ4v) is 2.63. The summed E-state index contributed by atoms with van der Waals surface area (Å²) >= 11 is 0. The topological polar surface area (TPSA) is 61.5 Å². The minimum absolute atomic E-state index is 0.0162. The van der Waals surface area contributed by atoms with Crippen LogP contribution in [-0.2, 0) is 0 Å². The number of nitrogens with two attached hydrogens (primary N) is 1. The van der Waals surface area contributed by atoms with Gasteiger partial charge in [-0.15, -0.1) is 6.58 Å². The maximum absolute atomic E-state index is 13.4. The van der Waals surface area contributed by atoms with Crippen molar-refractivity contribution in [1.82, 2.24) is 10.2 Å². The van der Waals surface area contributed by atoms with Gasteiger partial charge in [0.1, 0.15) is 17.3 Å². The first-order chi connectivity index (χ1) is 9.50. The molecule has 0 radical (unpaired) electrons. The van der Waals surface area contributed by atoms with Crippen LogP contribution in [0.4, 0.5) is 10.1 Å². The second-order valence-corrected chi connectivity index (χ2v) is 5.36. The molecule has 0 spiro atoms. The van der Waals surface area contributed by atoms with Crippen molar-refractivity contribution in [3.05, 3.63) is 35.7 Å². The van der Waals surface area contributed by atoms with Crippen molar-refractivity contribution < 1.29 is 9.50 Å². The second kappa shape index (κ2) is 6.24. The van der Waals surface area contributed by atoms with Gasteiger partial charge in [0.25, 0.3) is 0 Å². The van der Waals surface area contributed by atoms with Gasteiger partial charge in [0.05, 0.1) is 0 Å². The van der Waals surface area contributed by atoms with Gasteiger partial charge in [0.15, 0.2) is 0 Å². The van der Waals surface area contributed by atoms with Crippen LogP contribution in [-0.4, -0.2) is 36.2 Å². The number of phenols is 1. The Balaban J connectivity index is 2.35. The lowest BCUT2D eigenvalue weighted by molar-refractivity contribution is 0.170. The van der Waals surface area contributed by atoms with E-state index in [9.17, 15) is 9.50 Å². The fraction of sp³-hybridized carbons (Fsp3) is 0.467. The molecule has 1 atom stereocenters. The molecule has 0 unspecified atom stereocenters. The van der Waals surface area contributed by atoms with Gasteiger partial charge in [0, 0.05) is 37.8 Å². The summed E-state index contributed by atoms with van der Waals surface area (Å²) in [7, 11) is 0. The van der Waals surface area contributed by atoms with Crippen molar-refractivity contribution in [2.24, 2.45) is 0 Å². The Morgan fingerprint density at radius 1 is 1.50 bits per heavy atom. The molecule has 4 N–H and O–H groups in total. The summed E-state index contributed by atoms with van der Waals surface area (Å²) < 4.78 is 13.4. The molecule has 0 aromatic heterocycles. The molecule has 110 valence electrons. The lowest BCUT2D eigenvalue weighted by Gasteiger charge is -2.35. The van der Waals surface area contributed by atoms with Gasteiger partial charge in [-0.2, -0.15) is 0 Å². The second-order valence-electron chi connectivity index (χ2n) is 5.36. The van der Waals surface area contributed by atoms with Gasteiger partial charge < -0.3 is 16.2 Å². The van der Waals surface area contributed by atoms with Crippen LogP contribution < -0.4 is 11.1 Å². The molecule has 1 fully saturated rings. The van der Waals surface area contributed by atoms with Crippen molar-refractivity contribution in [3.8, 4) is 5.75 Å². The van der Waals surface area contributed by atoms with E-state index >= 15 is 0 Å². The largest absolute Gasteiger partial charge is 0.505 e. The van der Waals surface area contributed by atoms with Gasteiger partial charge in [0.2, 0.25) is 0 Å². The number of hydrogen-bond acceptors (Lipinski definition) is 4. The first-order valence-electron chi connectivity index (χ1n) is 6.86. The molecule has 1 saturated heterocycles. The van der Waals surface area contributed by atoms with E-state index < -0.39 is 5.82 Å². The maximum Gasteiger partial charge on any atom is 0.149 e. The maximum atomic E-state index is 13.4. The summed E-state index contributed by atoms with van der Waals surface area (Å²) in [6, 6.07) is 2.92. The first-order valence-corrected chi connectivity index (χ1v) is 6.86. The molecule has 4 nitrogen and oxygen atoms in total. The van der Waals surface area contributed by atoms with Gasteiger partial charge in [-0.1, -0.05) is 11.6 Å². The minimum atomic E-state index is -0.583. The third kappa shape index (κ3) is 3.11. The zero-order valence-corrected chi connectivity index (χ0v) is 11.8. The van der Waals surface area contributed by atoms with E-state index in [1.807, 2.05) is 6.92 Å². The number of rotatable bonds is 4. The van der Waals surface area contributed by atoms with Crippen LogP contribution >= 0.6 is 0 Å². The van der Waals surface area contributed by atoms with Crippen molar-refractivity contribution in [2.45, 2.75) is 19.4 Å². The number of nitrogen functional groups attached to an aromatic ring is 1. The van der Waals surface area contributed by atoms with E-state index in [4.69, 9.17) is 5.73 Å². The highest BCUT2D eigenvalue weighted by atomic mass is 19.1. The fourth-order valence-electron chi connectivity index (χ4n) is 2.63. The van der Waals surface area contributed by atoms with Crippen LogP contribution in [0.25, 0.3) is 0 Å². The Hall–Kier alpha value is -1.59. The molecule has 20 heavy (non-hydrogen) atoms. The molecule has 1 aromatic carbocycles. The SMILES string of the molecule is C=C(C)C[C@H](c1ccc(F)c(N)c1O)N1CCNCC1. The average Bonchev–Trinajstić information content (AvgIpc) is 2.44. The zero-order valence-electron chi connectivity index (χ0n) is 11.8. The van der Waals surface area contributed by atoms with Crippen LogP contribution in [0, 0.1) is 5.82 Å². The van der Waals surface area contributed by atoms with Gasteiger partial charge >= 0.3 is 0 Å². The molecule has 1 heterocycles. The third-order valence-electron chi connectivity index (χ3n) is 3.69. The number of halogens is 1. The van der Waals surface area contributed by atoms with Crippen LogP contribution in [0.1, 0.15) is 24.9 Å². The van der Waals surface area contributed by atoms with E-state index in [2.05, 4.69) is 16.8 Å². The number of hydrogen-bond donors (Lipinski definition) is 3. The van der Waals surface area contributed by atoms with Crippen LogP contribution in [0.5, 0.6) is 5.75 Å². The number of phenolic OH excluding ortho intramolecular Hbond substituents is 1. The number of piperazine rings is 1.